The number of hydrogen-bond acceptors (Lipinski definition) is 3. The van der Waals surface area contributed by atoms with Crippen molar-refractivity contribution in [2.24, 2.45) is 0 Å². The molecule has 0 rings (SSSR count). The summed E-state index contributed by atoms with van der Waals surface area (Å²) < 4.78 is 36.2. The largest absolute Gasteiger partial charge is 0.571 e. The maximum atomic E-state index is 11.0. The highest BCUT2D eigenvalue weighted by atomic mass is 19.4. The van der Waals surface area contributed by atoms with Gasteiger partial charge in [-0.15, -0.1) is 0 Å². The highest BCUT2D eigenvalue weighted by Gasteiger charge is 2.40. The zero-order valence-electron chi connectivity index (χ0n) is 3.97. The van der Waals surface area contributed by atoms with Crippen molar-refractivity contribution in [3.05, 3.63) is 0 Å². The fraction of sp³-hybridized carbons (Fsp3) is 0.500. The molecule has 9 heavy (non-hydrogen) atoms. The van der Waals surface area contributed by atoms with Crippen LogP contribution in [0.2, 0.25) is 0 Å². The molecular weight excluding hydrogens is 140 g/mol. The molecule has 0 aromatic heterocycles. The molecule has 0 aromatic rings. The molecule has 0 saturated carbocycles. The van der Waals surface area contributed by atoms with Gasteiger partial charge in [-0.05, 0) is 0 Å². The van der Waals surface area contributed by atoms with Crippen LogP contribution >= 0.6 is 0 Å². The normalized spacial score (nSPS) is 10.7. The molecule has 0 aliphatic heterocycles. The Labute approximate surface area is 48.7 Å². The predicted octanol–water partition coefficient (Wildman–Crippen LogP) is -0.382. The third kappa shape index (κ3) is 2.96. The Morgan fingerprint density at radius 1 is 1.56 bits per heavy atom. The first-order chi connectivity index (χ1) is 3.98. The summed E-state index contributed by atoms with van der Waals surface area (Å²) in [6.07, 6.45) is -5.04. The summed E-state index contributed by atoms with van der Waals surface area (Å²) >= 11 is 0. The summed E-state index contributed by atoms with van der Waals surface area (Å²) in [5.41, 5.74) is 0. The van der Waals surface area contributed by atoms with Crippen molar-refractivity contribution in [3.8, 4) is 0 Å². The highest BCUT2D eigenvalue weighted by Crippen LogP contribution is 2.15. The first-order valence-electron chi connectivity index (χ1n) is 1.72. The van der Waals surface area contributed by atoms with E-state index in [2.05, 4.69) is 4.65 Å². The van der Waals surface area contributed by atoms with Gasteiger partial charge in [-0.1, -0.05) is 0 Å². The molecule has 1 N–H and O–H groups in total. The molecular formula is C2HBF3O3. The molecule has 0 unspecified atom stereocenters. The third-order valence-electron chi connectivity index (χ3n) is 0.391. The summed E-state index contributed by atoms with van der Waals surface area (Å²) in [5.74, 6) is -2.44. The average Bonchev–Trinajstić information content (AvgIpc) is 1.64. The van der Waals surface area contributed by atoms with E-state index in [0.717, 1.165) is 0 Å². The molecule has 0 saturated heterocycles. The van der Waals surface area contributed by atoms with Crippen molar-refractivity contribution in [3.63, 3.8) is 0 Å². The van der Waals surface area contributed by atoms with Crippen LogP contribution in [0.15, 0.2) is 0 Å². The van der Waals surface area contributed by atoms with E-state index in [9.17, 15) is 18.0 Å². The van der Waals surface area contributed by atoms with E-state index in [1.54, 1.807) is 0 Å². The lowest BCUT2D eigenvalue weighted by Gasteiger charge is -2.01. The Hall–Kier alpha value is -0.715. The minimum atomic E-state index is -5.04. The topological polar surface area (TPSA) is 46.5 Å². The molecule has 0 atom stereocenters. The molecule has 0 spiro atoms. The lowest BCUT2D eigenvalue weighted by atomic mass is 10.4. The second kappa shape index (κ2) is 2.72. The average molecular weight is 141 g/mol. The minimum absolute atomic E-state index is 0.324. The van der Waals surface area contributed by atoms with Gasteiger partial charge in [0.2, 0.25) is 0 Å². The molecule has 0 amide bonds. The van der Waals surface area contributed by atoms with Crippen LogP contribution in [0, 0.1) is 0 Å². The van der Waals surface area contributed by atoms with E-state index in [-0.39, 0.29) is 7.69 Å². The van der Waals surface area contributed by atoms with Gasteiger partial charge < -0.3 is 9.68 Å². The summed E-state index contributed by atoms with van der Waals surface area (Å²) in [7, 11) is -0.324. The van der Waals surface area contributed by atoms with Gasteiger partial charge in [0.25, 0.3) is 0 Å². The first kappa shape index (κ1) is 8.28. The standard InChI is InChI=1S/C2HBF3O3/c4-2(5,6)1(7)9-3-8/h8H. The molecule has 0 aromatic carbocycles. The van der Waals surface area contributed by atoms with Gasteiger partial charge in [-0.3, -0.25) is 0 Å². The van der Waals surface area contributed by atoms with Gasteiger partial charge >= 0.3 is 19.8 Å². The lowest BCUT2D eigenvalue weighted by molar-refractivity contribution is -0.190. The number of alkyl halides is 3. The Balaban J connectivity index is 3.74. The zero-order valence-corrected chi connectivity index (χ0v) is 3.97. The monoisotopic (exact) mass is 141 g/mol. The SMILES string of the molecule is O=C(O[B]O)C(F)(F)F. The van der Waals surface area contributed by atoms with Crippen LogP contribution in [0.5, 0.6) is 0 Å². The molecule has 7 heteroatoms. The molecule has 51 valence electrons. The first-order valence-corrected chi connectivity index (χ1v) is 1.72. The van der Waals surface area contributed by atoms with E-state index in [1.165, 1.54) is 0 Å². The second-order valence-electron chi connectivity index (χ2n) is 1.01. The zero-order chi connectivity index (χ0) is 7.49. The van der Waals surface area contributed by atoms with Crippen molar-refractivity contribution >= 4 is 13.7 Å². The number of rotatable bonds is 1. The van der Waals surface area contributed by atoms with Gasteiger partial charge in [-0.25, -0.2) is 4.79 Å². The minimum Gasteiger partial charge on any atom is -0.504 e. The number of hydrogen-bond donors (Lipinski definition) is 1. The van der Waals surface area contributed by atoms with E-state index in [0.29, 0.717) is 0 Å². The maximum Gasteiger partial charge on any atom is 0.571 e. The van der Waals surface area contributed by atoms with E-state index >= 15 is 0 Å². The van der Waals surface area contributed by atoms with Crippen LogP contribution in [0.1, 0.15) is 0 Å². The van der Waals surface area contributed by atoms with Gasteiger partial charge in [0.1, 0.15) is 0 Å². The summed E-state index contributed by atoms with van der Waals surface area (Å²) in [6, 6.07) is 0. The van der Waals surface area contributed by atoms with Gasteiger partial charge in [0.15, 0.2) is 0 Å². The maximum absolute atomic E-state index is 11.0. The third-order valence-corrected chi connectivity index (χ3v) is 0.391. The molecule has 1 radical (unpaired) electrons. The molecule has 0 fully saturated rings. The van der Waals surface area contributed by atoms with E-state index in [1.807, 2.05) is 0 Å². The fourth-order valence-electron chi connectivity index (χ4n) is 0.115. The van der Waals surface area contributed by atoms with Crippen molar-refractivity contribution < 1.29 is 27.6 Å². The van der Waals surface area contributed by atoms with Crippen LogP contribution in [-0.2, 0) is 9.45 Å². The van der Waals surface area contributed by atoms with Crippen LogP contribution in [-0.4, -0.2) is 24.9 Å². The molecule has 0 bridgehead atoms. The highest BCUT2D eigenvalue weighted by molar-refractivity contribution is 6.20. The Kier molecular flexibility index (Phi) is 2.50. The summed E-state index contributed by atoms with van der Waals surface area (Å²) in [4.78, 5) is 9.53. The van der Waals surface area contributed by atoms with Crippen LogP contribution in [0.3, 0.4) is 0 Å². The van der Waals surface area contributed by atoms with Crippen LogP contribution < -0.4 is 0 Å². The Bertz CT molecular complexity index is 110. The molecule has 0 aliphatic carbocycles. The van der Waals surface area contributed by atoms with E-state index < -0.39 is 12.1 Å². The van der Waals surface area contributed by atoms with Crippen molar-refractivity contribution in [2.75, 3.05) is 0 Å². The molecule has 3 nitrogen and oxygen atoms in total. The number of carbonyl (C=O) groups excluding carboxylic acids is 1. The van der Waals surface area contributed by atoms with Crippen molar-refractivity contribution in [1.82, 2.24) is 0 Å². The number of halogens is 3. The second-order valence-corrected chi connectivity index (χ2v) is 1.01. The van der Waals surface area contributed by atoms with Gasteiger partial charge in [0, 0.05) is 0 Å². The quantitative estimate of drug-likeness (QED) is 0.506. The van der Waals surface area contributed by atoms with Crippen LogP contribution in [0.25, 0.3) is 0 Å². The smallest absolute Gasteiger partial charge is 0.504 e. The summed E-state index contributed by atoms with van der Waals surface area (Å²) in [6.45, 7) is 0. The lowest BCUT2D eigenvalue weighted by Crippen LogP contribution is -2.26. The van der Waals surface area contributed by atoms with Gasteiger partial charge in [-0.2, -0.15) is 13.2 Å². The molecule has 0 heterocycles. The van der Waals surface area contributed by atoms with E-state index in [4.69, 9.17) is 5.02 Å². The Morgan fingerprint density at radius 2 is 2.00 bits per heavy atom. The van der Waals surface area contributed by atoms with Crippen molar-refractivity contribution in [2.45, 2.75) is 6.18 Å². The predicted molar refractivity (Wildman–Crippen MR) is 20.1 cm³/mol. The summed E-state index contributed by atoms with van der Waals surface area (Å²) in [5, 5.41) is 7.53. The Morgan fingerprint density at radius 3 is 2.11 bits per heavy atom. The fourth-order valence-corrected chi connectivity index (χ4v) is 0.115. The van der Waals surface area contributed by atoms with Crippen molar-refractivity contribution in [1.29, 1.82) is 0 Å². The van der Waals surface area contributed by atoms with Gasteiger partial charge in [0.05, 0.1) is 0 Å². The van der Waals surface area contributed by atoms with Crippen LogP contribution in [0.4, 0.5) is 13.2 Å². The molecule has 0 aliphatic rings. The number of carbonyl (C=O) groups is 1.